The number of rotatable bonds is 5. The minimum absolute atomic E-state index is 0.225. The van der Waals surface area contributed by atoms with Crippen LogP contribution in [0.3, 0.4) is 0 Å². The maximum absolute atomic E-state index is 12.6. The zero-order valence-corrected chi connectivity index (χ0v) is 19.3. The number of fused-ring (bicyclic) bond motifs is 1. The molecule has 2 amide bonds. The lowest BCUT2D eigenvalue weighted by molar-refractivity contribution is -0.0438. The van der Waals surface area contributed by atoms with Crippen LogP contribution >= 0.6 is 0 Å². The number of aromatic nitrogens is 1. The average molecular weight is 450 g/mol. The molecule has 1 aliphatic rings. The van der Waals surface area contributed by atoms with Crippen LogP contribution in [0.5, 0.6) is 28.9 Å². The number of hydrogen-bond donors (Lipinski definition) is 2. The smallest absolute Gasteiger partial charge is 0.323 e. The van der Waals surface area contributed by atoms with Gasteiger partial charge in [0.05, 0.1) is 0 Å². The molecule has 2 aromatic carbocycles. The molecule has 0 fully saturated rings. The predicted octanol–water partition coefficient (Wildman–Crippen LogP) is 6.20. The number of benzene rings is 2. The van der Waals surface area contributed by atoms with Crippen LogP contribution in [0.15, 0.2) is 60.8 Å². The minimum atomic E-state index is -0.791. The molecule has 0 saturated carbocycles. The molecule has 0 saturated heterocycles. The Balaban J connectivity index is 1.45. The number of nitrogens with one attached hydrogen (secondary N) is 2. The Morgan fingerprint density at radius 1 is 0.970 bits per heavy atom. The van der Waals surface area contributed by atoms with Gasteiger partial charge < -0.3 is 29.6 Å². The zero-order chi connectivity index (χ0) is 23.6. The molecular weight excluding hydrogens is 422 g/mol. The van der Waals surface area contributed by atoms with E-state index in [-0.39, 0.29) is 11.5 Å². The minimum Gasteiger partial charge on any atom is -0.488 e. The topological polar surface area (TPSA) is 90.9 Å². The van der Waals surface area contributed by atoms with Crippen molar-refractivity contribution >= 4 is 17.4 Å². The second kappa shape index (κ2) is 8.54. The Morgan fingerprint density at radius 2 is 1.73 bits per heavy atom. The second-order valence-corrected chi connectivity index (χ2v) is 8.96. The molecule has 0 radical (unpaired) electrons. The first kappa shape index (κ1) is 22.3. The summed E-state index contributed by atoms with van der Waals surface area (Å²) in [6.45, 7) is 9.56. The van der Waals surface area contributed by atoms with Gasteiger partial charge in [0.15, 0.2) is 11.5 Å². The lowest BCUT2D eigenvalue weighted by Crippen LogP contribution is -2.29. The van der Waals surface area contributed by atoms with E-state index in [1.807, 2.05) is 34.6 Å². The fourth-order valence-electron chi connectivity index (χ4n) is 3.20. The summed E-state index contributed by atoms with van der Waals surface area (Å²) in [5.41, 5.74) is 0.724. The number of nitrogens with zero attached hydrogens (tertiary/aromatic N) is 1. The van der Waals surface area contributed by atoms with Crippen LogP contribution in [0.1, 0.15) is 34.6 Å². The quantitative estimate of drug-likeness (QED) is 0.482. The maximum atomic E-state index is 12.6. The Bertz CT molecular complexity index is 1150. The van der Waals surface area contributed by atoms with Gasteiger partial charge in [0, 0.05) is 25.7 Å². The van der Waals surface area contributed by atoms with Crippen molar-refractivity contribution in [1.29, 1.82) is 0 Å². The van der Waals surface area contributed by atoms with Gasteiger partial charge in [-0.25, -0.2) is 9.78 Å². The van der Waals surface area contributed by atoms with Crippen LogP contribution in [0.2, 0.25) is 0 Å². The summed E-state index contributed by atoms with van der Waals surface area (Å²) >= 11 is 0. The number of carbonyl (C=O) groups is 1. The molecule has 1 aromatic heterocycles. The molecule has 0 bridgehead atoms. The van der Waals surface area contributed by atoms with E-state index in [0.29, 0.717) is 28.6 Å². The normalized spacial score (nSPS) is 13.8. The fourth-order valence-corrected chi connectivity index (χ4v) is 3.20. The molecule has 0 aliphatic carbocycles. The third kappa shape index (κ3) is 5.65. The number of urea groups is 1. The van der Waals surface area contributed by atoms with Gasteiger partial charge in [0.1, 0.15) is 17.0 Å². The summed E-state index contributed by atoms with van der Waals surface area (Å²) in [7, 11) is 0. The van der Waals surface area contributed by atoms with Gasteiger partial charge in [-0.15, -0.1) is 0 Å². The highest BCUT2D eigenvalue weighted by atomic mass is 16.7. The number of amides is 2. The molecule has 172 valence electrons. The van der Waals surface area contributed by atoms with Crippen LogP contribution in [-0.4, -0.2) is 22.4 Å². The number of pyridine rings is 1. The van der Waals surface area contributed by atoms with E-state index in [1.54, 1.807) is 60.8 Å². The van der Waals surface area contributed by atoms with Gasteiger partial charge in [-0.05, 0) is 69.3 Å². The molecule has 4 rings (SSSR count). The van der Waals surface area contributed by atoms with Crippen LogP contribution < -0.4 is 29.6 Å². The largest absolute Gasteiger partial charge is 0.488 e. The highest BCUT2D eigenvalue weighted by Crippen LogP contribution is 2.47. The van der Waals surface area contributed by atoms with Gasteiger partial charge in [0.2, 0.25) is 17.4 Å². The Hall–Kier alpha value is -3.94. The third-order valence-corrected chi connectivity index (χ3v) is 4.41. The highest BCUT2D eigenvalue weighted by Gasteiger charge is 2.34. The van der Waals surface area contributed by atoms with Gasteiger partial charge in [0.25, 0.3) is 0 Å². The molecule has 3 aromatic rings. The van der Waals surface area contributed by atoms with Crippen molar-refractivity contribution in [1.82, 2.24) is 4.98 Å². The van der Waals surface area contributed by atoms with E-state index < -0.39 is 11.8 Å². The van der Waals surface area contributed by atoms with Crippen molar-refractivity contribution in [2.45, 2.75) is 46.0 Å². The molecule has 0 unspecified atom stereocenters. The average Bonchev–Trinajstić information content (AvgIpc) is 3.05. The number of anilines is 2. The summed E-state index contributed by atoms with van der Waals surface area (Å²) in [6, 6.07) is 15.5. The van der Waals surface area contributed by atoms with Gasteiger partial charge in [-0.1, -0.05) is 6.07 Å². The van der Waals surface area contributed by atoms with Crippen LogP contribution in [0.4, 0.5) is 16.2 Å². The first-order valence-corrected chi connectivity index (χ1v) is 10.6. The van der Waals surface area contributed by atoms with E-state index >= 15 is 0 Å². The lowest BCUT2D eigenvalue weighted by Gasteiger charge is -2.21. The van der Waals surface area contributed by atoms with E-state index in [0.717, 1.165) is 5.75 Å². The Kier molecular flexibility index (Phi) is 5.76. The van der Waals surface area contributed by atoms with Crippen LogP contribution in [-0.2, 0) is 0 Å². The van der Waals surface area contributed by atoms with E-state index in [1.165, 1.54) is 0 Å². The Morgan fingerprint density at radius 3 is 2.45 bits per heavy atom. The predicted molar refractivity (Wildman–Crippen MR) is 126 cm³/mol. The van der Waals surface area contributed by atoms with E-state index in [2.05, 4.69) is 15.6 Å². The molecule has 1 aliphatic heterocycles. The molecule has 0 atom stereocenters. The van der Waals surface area contributed by atoms with E-state index in [4.69, 9.17) is 18.9 Å². The molecule has 2 N–H and O–H groups in total. The molecular formula is C25H27N3O5. The van der Waals surface area contributed by atoms with Crippen molar-refractivity contribution in [3.05, 3.63) is 60.8 Å². The standard InChI is InChI=1S/C25H27N3O5/c1-24(2,3)31-17-13-11-16(12-14-17)27-23(29)28-18-8-7-15-26-22(18)30-19-9-6-10-20-21(19)33-25(4,5)32-20/h6-15H,1-5H3,(H2,27,28,29). The number of carbonyl (C=O) groups excluding carboxylic acids is 1. The van der Waals surface area contributed by atoms with Crippen molar-refractivity contribution in [3.8, 4) is 28.9 Å². The summed E-state index contributed by atoms with van der Waals surface area (Å²) < 4.78 is 23.4. The molecule has 2 heterocycles. The Labute approximate surface area is 192 Å². The first-order valence-electron chi connectivity index (χ1n) is 10.6. The van der Waals surface area contributed by atoms with Gasteiger partial charge >= 0.3 is 6.03 Å². The van der Waals surface area contributed by atoms with Crippen molar-refractivity contribution in [2.75, 3.05) is 10.6 Å². The zero-order valence-electron chi connectivity index (χ0n) is 19.3. The first-order chi connectivity index (χ1) is 15.6. The van der Waals surface area contributed by atoms with Crippen LogP contribution in [0, 0.1) is 0 Å². The molecule has 8 nitrogen and oxygen atoms in total. The molecule has 0 spiro atoms. The van der Waals surface area contributed by atoms with Crippen molar-refractivity contribution in [3.63, 3.8) is 0 Å². The number of hydrogen-bond acceptors (Lipinski definition) is 6. The maximum Gasteiger partial charge on any atom is 0.323 e. The SMILES string of the molecule is CC(C)(C)Oc1ccc(NC(=O)Nc2cccnc2Oc2cccc3c2OC(C)(C)O3)cc1. The van der Waals surface area contributed by atoms with Crippen molar-refractivity contribution < 1.29 is 23.7 Å². The molecule has 33 heavy (non-hydrogen) atoms. The van der Waals surface area contributed by atoms with Crippen molar-refractivity contribution in [2.24, 2.45) is 0 Å². The van der Waals surface area contributed by atoms with E-state index in [9.17, 15) is 4.79 Å². The van der Waals surface area contributed by atoms with Gasteiger partial charge in [-0.3, -0.25) is 0 Å². The highest BCUT2D eigenvalue weighted by molar-refractivity contribution is 6.00. The lowest BCUT2D eigenvalue weighted by atomic mass is 10.2. The van der Waals surface area contributed by atoms with Gasteiger partial charge in [-0.2, -0.15) is 0 Å². The number of ether oxygens (including phenoxy) is 4. The number of para-hydroxylation sites is 1. The fraction of sp³-hybridized carbons (Fsp3) is 0.280. The monoisotopic (exact) mass is 449 g/mol. The second-order valence-electron chi connectivity index (χ2n) is 8.96. The third-order valence-electron chi connectivity index (χ3n) is 4.41. The molecule has 8 heteroatoms. The summed E-state index contributed by atoms with van der Waals surface area (Å²) in [4.78, 5) is 16.9. The van der Waals surface area contributed by atoms with Crippen LogP contribution in [0.25, 0.3) is 0 Å². The summed E-state index contributed by atoms with van der Waals surface area (Å²) in [6.07, 6.45) is 1.58. The summed E-state index contributed by atoms with van der Waals surface area (Å²) in [5.74, 6) is 1.67. The summed E-state index contributed by atoms with van der Waals surface area (Å²) in [5, 5.41) is 5.57.